The van der Waals surface area contributed by atoms with Gasteiger partial charge in [0.2, 0.25) is 0 Å². The Morgan fingerprint density at radius 2 is 2.22 bits per heavy atom. The summed E-state index contributed by atoms with van der Waals surface area (Å²) in [6.45, 7) is 10.6. The van der Waals surface area contributed by atoms with Crippen LogP contribution in [0.4, 0.5) is 4.39 Å². The van der Waals surface area contributed by atoms with E-state index in [-0.39, 0.29) is 23.8 Å². The van der Waals surface area contributed by atoms with Crippen molar-refractivity contribution in [2.45, 2.75) is 84.0 Å². The van der Waals surface area contributed by atoms with Gasteiger partial charge in [0.25, 0.3) is 0 Å². The molecular weight excluding hydrogens is 365 g/mol. The third-order valence-electron chi connectivity index (χ3n) is 5.91. The molecule has 2 rings (SSSR count). The fourth-order valence-electron chi connectivity index (χ4n) is 4.13. The summed E-state index contributed by atoms with van der Waals surface area (Å²) in [4.78, 5) is 0. The van der Waals surface area contributed by atoms with Crippen LogP contribution < -0.4 is 5.32 Å². The molecule has 5 atom stereocenters. The Hall–Kier alpha value is -1.00. The zero-order valence-electron chi connectivity index (χ0n) is 16.9. The summed E-state index contributed by atoms with van der Waals surface area (Å²) >= 11 is 6.02. The third kappa shape index (κ3) is 6.25. The van der Waals surface area contributed by atoms with Crippen LogP contribution in [0.2, 0.25) is 0 Å². The molecule has 0 spiro atoms. The molecule has 1 heterocycles. The first-order valence-electron chi connectivity index (χ1n) is 10.2. The minimum atomic E-state index is -1.04. The summed E-state index contributed by atoms with van der Waals surface area (Å²) in [5.41, 5.74) is 1.99. The molecule has 2 aliphatic rings. The van der Waals surface area contributed by atoms with E-state index in [0.29, 0.717) is 24.1 Å². The molecule has 0 aromatic rings. The Labute approximate surface area is 168 Å². The lowest BCUT2D eigenvalue weighted by atomic mass is 9.78. The van der Waals surface area contributed by atoms with E-state index in [4.69, 9.17) is 16.3 Å². The molecule has 5 heteroatoms. The first-order chi connectivity index (χ1) is 12.8. The number of ether oxygens (including phenoxy) is 1. The van der Waals surface area contributed by atoms with E-state index in [1.807, 2.05) is 13.0 Å². The highest BCUT2D eigenvalue weighted by molar-refractivity contribution is 6.29. The molecule has 154 valence electrons. The van der Waals surface area contributed by atoms with Gasteiger partial charge in [0, 0.05) is 19.1 Å². The van der Waals surface area contributed by atoms with E-state index in [1.165, 1.54) is 5.57 Å². The zero-order chi connectivity index (χ0) is 20.0. The number of nitrogens with one attached hydrogen (secondary N) is 1. The molecular formula is C22H35ClFNO2. The monoisotopic (exact) mass is 399 g/mol. The highest BCUT2D eigenvalue weighted by atomic mass is 35.5. The van der Waals surface area contributed by atoms with Gasteiger partial charge >= 0.3 is 0 Å². The average Bonchev–Trinajstić information content (AvgIpc) is 2.63. The molecule has 1 aliphatic heterocycles. The number of hydrogen-bond donors (Lipinski definition) is 2. The smallest absolute Gasteiger partial charge is 0.147 e. The van der Waals surface area contributed by atoms with E-state index in [9.17, 15) is 5.11 Å². The molecule has 3 nitrogen and oxygen atoms in total. The number of alkyl halides is 1. The molecule has 0 aromatic carbocycles. The van der Waals surface area contributed by atoms with Gasteiger partial charge in [0.1, 0.15) is 17.1 Å². The van der Waals surface area contributed by atoms with Gasteiger partial charge in [-0.25, -0.2) is 4.39 Å². The lowest BCUT2D eigenvalue weighted by Gasteiger charge is -2.36. The van der Waals surface area contributed by atoms with Crippen LogP contribution in [0.5, 0.6) is 0 Å². The Bertz CT molecular complexity index is 575. The Balaban J connectivity index is 1.91. The van der Waals surface area contributed by atoms with Crippen molar-refractivity contribution >= 4 is 11.6 Å². The SMILES string of the molecule is C=CCCC[C@H](C)COC1CC(C)C(CC2CCC(O)=C(Cl)N2)=C(C)C1F. The molecule has 0 saturated heterocycles. The predicted octanol–water partition coefficient (Wildman–Crippen LogP) is 6.17. The van der Waals surface area contributed by atoms with Crippen LogP contribution in [0.3, 0.4) is 0 Å². The summed E-state index contributed by atoms with van der Waals surface area (Å²) in [5.74, 6) is 0.943. The van der Waals surface area contributed by atoms with E-state index in [2.05, 4.69) is 25.7 Å². The maximum absolute atomic E-state index is 15.0. The van der Waals surface area contributed by atoms with E-state index in [0.717, 1.165) is 44.1 Å². The molecule has 1 aliphatic carbocycles. The average molecular weight is 400 g/mol. The van der Waals surface area contributed by atoms with Crippen LogP contribution >= 0.6 is 11.6 Å². The topological polar surface area (TPSA) is 41.5 Å². The van der Waals surface area contributed by atoms with Crippen molar-refractivity contribution in [3.63, 3.8) is 0 Å². The van der Waals surface area contributed by atoms with Crippen LogP contribution in [-0.4, -0.2) is 30.0 Å². The maximum atomic E-state index is 15.0. The van der Waals surface area contributed by atoms with E-state index in [1.54, 1.807) is 0 Å². The molecule has 27 heavy (non-hydrogen) atoms. The lowest BCUT2D eigenvalue weighted by Crippen LogP contribution is -2.38. The highest BCUT2D eigenvalue weighted by Gasteiger charge is 2.35. The molecule has 4 unspecified atom stereocenters. The van der Waals surface area contributed by atoms with Gasteiger partial charge in [-0.3, -0.25) is 0 Å². The van der Waals surface area contributed by atoms with Crippen LogP contribution in [0.15, 0.2) is 34.7 Å². The number of aliphatic hydroxyl groups is 1. The highest BCUT2D eigenvalue weighted by Crippen LogP contribution is 2.37. The van der Waals surface area contributed by atoms with Crippen LogP contribution in [0.1, 0.15) is 65.7 Å². The fourth-order valence-corrected chi connectivity index (χ4v) is 4.37. The van der Waals surface area contributed by atoms with Crippen LogP contribution in [0.25, 0.3) is 0 Å². The Morgan fingerprint density at radius 1 is 1.48 bits per heavy atom. The maximum Gasteiger partial charge on any atom is 0.147 e. The third-order valence-corrected chi connectivity index (χ3v) is 6.23. The van der Waals surface area contributed by atoms with Gasteiger partial charge in [-0.15, -0.1) is 6.58 Å². The molecule has 0 aromatic heterocycles. The minimum absolute atomic E-state index is 0.148. The second-order valence-corrected chi connectivity index (χ2v) is 8.67. The normalized spacial score (nSPS) is 30.3. The van der Waals surface area contributed by atoms with Gasteiger partial charge in [0.05, 0.1) is 6.10 Å². The number of hydrogen-bond acceptors (Lipinski definition) is 3. The summed E-state index contributed by atoms with van der Waals surface area (Å²) < 4.78 is 21.0. The largest absolute Gasteiger partial charge is 0.509 e. The number of unbranched alkanes of at least 4 members (excludes halogenated alkanes) is 1. The quantitative estimate of drug-likeness (QED) is 0.277. The first kappa shape index (κ1) is 22.3. The van der Waals surface area contributed by atoms with Gasteiger partial charge in [-0.2, -0.15) is 0 Å². The number of halogens is 2. The number of rotatable bonds is 9. The zero-order valence-corrected chi connectivity index (χ0v) is 17.7. The van der Waals surface area contributed by atoms with Gasteiger partial charge < -0.3 is 15.2 Å². The second-order valence-electron chi connectivity index (χ2n) is 8.29. The Morgan fingerprint density at radius 3 is 2.89 bits per heavy atom. The van der Waals surface area contributed by atoms with Crippen molar-refractivity contribution < 1.29 is 14.2 Å². The van der Waals surface area contributed by atoms with Crippen molar-refractivity contribution in [2.75, 3.05) is 6.61 Å². The second kappa shape index (κ2) is 10.5. The van der Waals surface area contributed by atoms with Crippen LogP contribution in [-0.2, 0) is 4.74 Å². The molecule has 0 fully saturated rings. The minimum Gasteiger partial charge on any atom is -0.509 e. The van der Waals surface area contributed by atoms with E-state index < -0.39 is 6.17 Å². The molecule has 2 N–H and O–H groups in total. The fraction of sp³-hybridized carbons (Fsp3) is 0.727. The standard InChI is InChI=1S/C22H35ClFNO2/c1-5-6-7-8-14(2)13-27-20-11-15(3)18(16(4)21(20)24)12-17-9-10-19(26)22(23)25-17/h5,14-15,17,20-21,25-26H,1,6-13H2,2-4H3/t14-,15?,17?,20?,21?/m0/s1. The summed E-state index contributed by atoms with van der Waals surface area (Å²) in [6, 6.07) is 0.148. The summed E-state index contributed by atoms with van der Waals surface area (Å²) in [5, 5.41) is 13.1. The van der Waals surface area contributed by atoms with Gasteiger partial charge in [-0.05, 0) is 62.9 Å². The molecule has 0 radical (unpaired) electrons. The lowest BCUT2D eigenvalue weighted by molar-refractivity contribution is -0.0234. The number of aliphatic hydroxyl groups excluding tert-OH is 1. The van der Waals surface area contributed by atoms with Crippen molar-refractivity contribution in [1.29, 1.82) is 0 Å². The van der Waals surface area contributed by atoms with Gasteiger partial charge in [0.15, 0.2) is 0 Å². The molecule has 0 amide bonds. The summed E-state index contributed by atoms with van der Waals surface area (Å²) in [6.07, 6.45) is 6.63. The molecule has 0 saturated carbocycles. The van der Waals surface area contributed by atoms with Crippen molar-refractivity contribution in [3.8, 4) is 0 Å². The van der Waals surface area contributed by atoms with E-state index >= 15 is 4.39 Å². The molecule has 0 bridgehead atoms. The van der Waals surface area contributed by atoms with Crippen molar-refractivity contribution in [1.82, 2.24) is 5.32 Å². The van der Waals surface area contributed by atoms with Gasteiger partial charge in [-0.1, -0.05) is 37.1 Å². The van der Waals surface area contributed by atoms with Crippen molar-refractivity contribution in [2.24, 2.45) is 11.8 Å². The van der Waals surface area contributed by atoms with Crippen molar-refractivity contribution in [3.05, 3.63) is 34.7 Å². The van der Waals surface area contributed by atoms with Crippen LogP contribution in [0, 0.1) is 11.8 Å². The Kier molecular flexibility index (Phi) is 8.68. The summed E-state index contributed by atoms with van der Waals surface area (Å²) in [7, 11) is 0. The predicted molar refractivity (Wildman–Crippen MR) is 111 cm³/mol. The first-order valence-corrected chi connectivity index (χ1v) is 10.6. The number of allylic oxidation sites excluding steroid dienone is 2.